The molecule has 0 radical (unpaired) electrons. The van der Waals surface area contributed by atoms with Gasteiger partial charge in [-0.15, -0.1) is 0 Å². The third kappa shape index (κ3) is 3.96. The fourth-order valence-corrected chi connectivity index (χ4v) is 2.97. The minimum Gasteiger partial charge on any atom is -0.497 e. The third-order valence-corrected chi connectivity index (χ3v) is 4.36. The Hall–Kier alpha value is -3.02. The number of aryl methyl sites for hydroxylation is 2. The van der Waals surface area contributed by atoms with Gasteiger partial charge < -0.3 is 14.4 Å². The van der Waals surface area contributed by atoms with Crippen LogP contribution >= 0.6 is 0 Å². The molecule has 1 aliphatic heterocycles. The predicted molar refractivity (Wildman–Crippen MR) is 99.8 cm³/mol. The molecule has 2 aromatic rings. The lowest BCUT2D eigenvalue weighted by atomic mass is 10.1. The maximum absolute atomic E-state index is 12.4. The number of hydrogen-bond donors (Lipinski definition) is 1. The maximum Gasteiger partial charge on any atom is 0.411 e. The molecule has 2 amide bonds. The molecule has 0 saturated carbocycles. The van der Waals surface area contributed by atoms with E-state index < -0.39 is 12.2 Å². The molecule has 0 aromatic heterocycles. The van der Waals surface area contributed by atoms with Crippen LogP contribution in [0.1, 0.15) is 17.5 Å². The number of rotatable bonds is 4. The predicted octanol–water partition coefficient (Wildman–Crippen LogP) is 3.67. The molecule has 1 atom stereocenters. The molecule has 2 aromatic carbocycles. The Balaban J connectivity index is 1.61. The van der Waals surface area contributed by atoms with Crippen molar-refractivity contribution in [2.45, 2.75) is 26.4 Å². The minimum absolute atomic E-state index is 0.0408. The summed E-state index contributed by atoms with van der Waals surface area (Å²) in [5, 5.41) is 2.66. The van der Waals surface area contributed by atoms with Gasteiger partial charge >= 0.3 is 6.09 Å². The van der Waals surface area contributed by atoms with Gasteiger partial charge in [-0.25, -0.2) is 4.79 Å². The van der Waals surface area contributed by atoms with Crippen molar-refractivity contribution in [3.63, 3.8) is 0 Å². The number of nitrogens with zero attached hydrogens (tertiary/aromatic N) is 1. The van der Waals surface area contributed by atoms with E-state index in [2.05, 4.69) is 5.32 Å². The summed E-state index contributed by atoms with van der Waals surface area (Å²) in [6.45, 7) is 4.31. The van der Waals surface area contributed by atoms with Gasteiger partial charge in [0.15, 0.2) is 0 Å². The Morgan fingerprint density at radius 3 is 2.58 bits per heavy atom. The Kier molecular flexibility index (Phi) is 5.11. The summed E-state index contributed by atoms with van der Waals surface area (Å²) >= 11 is 0. The van der Waals surface area contributed by atoms with Crippen LogP contribution in [0.2, 0.25) is 0 Å². The highest BCUT2D eigenvalue weighted by molar-refractivity contribution is 5.97. The first-order chi connectivity index (χ1) is 12.5. The van der Waals surface area contributed by atoms with E-state index in [0.717, 1.165) is 16.8 Å². The second-order valence-electron chi connectivity index (χ2n) is 6.38. The van der Waals surface area contributed by atoms with Crippen LogP contribution in [0.15, 0.2) is 42.5 Å². The average molecular weight is 354 g/mol. The molecule has 6 heteroatoms. The number of hydrogen-bond acceptors (Lipinski definition) is 4. The number of nitrogens with one attached hydrogen (secondary N) is 1. The number of carbonyl (C=O) groups excluding carboxylic acids is 2. The van der Waals surface area contributed by atoms with E-state index in [1.807, 2.05) is 32.0 Å². The molecule has 0 aliphatic carbocycles. The molecule has 1 unspecified atom stereocenters. The topological polar surface area (TPSA) is 67.9 Å². The van der Waals surface area contributed by atoms with Crippen LogP contribution in [0, 0.1) is 13.8 Å². The summed E-state index contributed by atoms with van der Waals surface area (Å²) < 4.78 is 10.5. The minimum atomic E-state index is -0.573. The Morgan fingerprint density at radius 1 is 1.15 bits per heavy atom. The van der Waals surface area contributed by atoms with Gasteiger partial charge in [-0.2, -0.15) is 0 Å². The summed E-state index contributed by atoms with van der Waals surface area (Å²) in [7, 11) is 1.58. The van der Waals surface area contributed by atoms with Crippen molar-refractivity contribution in [2.75, 3.05) is 23.9 Å². The van der Waals surface area contributed by atoms with E-state index in [-0.39, 0.29) is 12.3 Å². The van der Waals surface area contributed by atoms with Gasteiger partial charge in [0.05, 0.1) is 20.1 Å². The zero-order chi connectivity index (χ0) is 18.7. The standard InChI is InChI=1S/C20H22N2O4/c1-13-4-5-14(2)18(10-13)22-12-17(11-19(22)23)26-20(24)21-15-6-8-16(25-3)9-7-15/h4-10,17H,11-12H2,1-3H3,(H,21,24). The van der Waals surface area contributed by atoms with Gasteiger partial charge in [-0.05, 0) is 55.3 Å². The number of ether oxygens (including phenoxy) is 2. The second kappa shape index (κ2) is 7.47. The third-order valence-electron chi connectivity index (χ3n) is 4.36. The highest BCUT2D eigenvalue weighted by atomic mass is 16.6. The maximum atomic E-state index is 12.4. The van der Waals surface area contributed by atoms with Crippen LogP contribution in [-0.2, 0) is 9.53 Å². The van der Waals surface area contributed by atoms with Crippen LogP contribution in [-0.4, -0.2) is 31.8 Å². The lowest BCUT2D eigenvalue weighted by molar-refractivity contribution is -0.117. The van der Waals surface area contributed by atoms with E-state index in [1.165, 1.54) is 0 Å². The van der Waals surface area contributed by atoms with Crippen LogP contribution in [0.5, 0.6) is 5.75 Å². The summed E-state index contributed by atoms with van der Waals surface area (Å²) in [6.07, 6.45) is -0.861. The molecule has 6 nitrogen and oxygen atoms in total. The highest BCUT2D eigenvalue weighted by Crippen LogP contribution is 2.27. The van der Waals surface area contributed by atoms with Crippen molar-refractivity contribution in [3.8, 4) is 5.75 Å². The number of amides is 2. The molecule has 0 bridgehead atoms. The Labute approximate surface area is 152 Å². The zero-order valence-corrected chi connectivity index (χ0v) is 15.1. The van der Waals surface area contributed by atoms with Gasteiger partial charge in [0.1, 0.15) is 11.9 Å². The molecular formula is C20H22N2O4. The van der Waals surface area contributed by atoms with Crippen molar-refractivity contribution in [1.82, 2.24) is 0 Å². The molecule has 1 saturated heterocycles. The number of methoxy groups -OCH3 is 1. The molecule has 136 valence electrons. The molecule has 0 spiro atoms. The molecule has 26 heavy (non-hydrogen) atoms. The highest BCUT2D eigenvalue weighted by Gasteiger charge is 2.33. The summed E-state index contributed by atoms with van der Waals surface area (Å²) in [5.74, 6) is 0.662. The van der Waals surface area contributed by atoms with E-state index in [0.29, 0.717) is 18.0 Å². The second-order valence-corrected chi connectivity index (χ2v) is 6.38. The van der Waals surface area contributed by atoms with Gasteiger partial charge in [0.25, 0.3) is 0 Å². The number of anilines is 2. The largest absolute Gasteiger partial charge is 0.497 e. The van der Waals surface area contributed by atoms with Crippen LogP contribution in [0.3, 0.4) is 0 Å². The lowest BCUT2D eigenvalue weighted by Crippen LogP contribution is -2.28. The lowest BCUT2D eigenvalue weighted by Gasteiger charge is -2.19. The Bertz CT molecular complexity index is 817. The Morgan fingerprint density at radius 2 is 1.88 bits per heavy atom. The molecule has 1 aliphatic rings. The zero-order valence-electron chi connectivity index (χ0n) is 15.1. The quantitative estimate of drug-likeness (QED) is 0.910. The first-order valence-electron chi connectivity index (χ1n) is 8.45. The van der Waals surface area contributed by atoms with Gasteiger partial charge in [-0.1, -0.05) is 12.1 Å². The van der Waals surface area contributed by atoms with E-state index in [9.17, 15) is 9.59 Å². The van der Waals surface area contributed by atoms with Gasteiger partial charge in [-0.3, -0.25) is 10.1 Å². The van der Waals surface area contributed by atoms with Crippen molar-refractivity contribution < 1.29 is 19.1 Å². The first-order valence-corrected chi connectivity index (χ1v) is 8.45. The smallest absolute Gasteiger partial charge is 0.411 e. The SMILES string of the molecule is COc1ccc(NC(=O)OC2CC(=O)N(c3cc(C)ccc3C)C2)cc1. The van der Waals surface area contributed by atoms with Crippen LogP contribution in [0.25, 0.3) is 0 Å². The van der Waals surface area contributed by atoms with Crippen molar-refractivity contribution in [3.05, 3.63) is 53.6 Å². The van der Waals surface area contributed by atoms with Crippen molar-refractivity contribution >= 4 is 23.4 Å². The normalized spacial score (nSPS) is 16.5. The first kappa shape index (κ1) is 17.8. The van der Waals surface area contributed by atoms with Crippen molar-refractivity contribution in [1.29, 1.82) is 0 Å². The fraction of sp³-hybridized carbons (Fsp3) is 0.300. The number of benzene rings is 2. The van der Waals surface area contributed by atoms with Crippen molar-refractivity contribution in [2.24, 2.45) is 0 Å². The van der Waals surface area contributed by atoms with E-state index >= 15 is 0 Å². The average Bonchev–Trinajstić information content (AvgIpc) is 2.97. The monoisotopic (exact) mass is 354 g/mol. The van der Waals surface area contributed by atoms with Gasteiger partial charge in [0, 0.05) is 11.4 Å². The molecule has 3 rings (SSSR count). The molecule has 1 heterocycles. The summed E-state index contributed by atoms with van der Waals surface area (Å²) in [6, 6.07) is 12.9. The van der Waals surface area contributed by atoms with E-state index in [4.69, 9.17) is 9.47 Å². The molecular weight excluding hydrogens is 332 g/mol. The van der Waals surface area contributed by atoms with Crippen LogP contribution in [0.4, 0.5) is 16.2 Å². The summed E-state index contributed by atoms with van der Waals surface area (Å²) in [4.78, 5) is 26.1. The summed E-state index contributed by atoms with van der Waals surface area (Å²) in [5.41, 5.74) is 3.58. The fourth-order valence-electron chi connectivity index (χ4n) is 2.97. The molecule has 1 fully saturated rings. The van der Waals surface area contributed by atoms with Gasteiger partial charge in [0.2, 0.25) is 5.91 Å². The molecule has 1 N–H and O–H groups in total. The van der Waals surface area contributed by atoms with Crippen LogP contribution < -0.4 is 15.0 Å². The van der Waals surface area contributed by atoms with E-state index in [1.54, 1.807) is 36.3 Å². The number of carbonyl (C=O) groups is 2.